The predicted octanol–water partition coefficient (Wildman–Crippen LogP) is 1.96. The number of pyridine rings is 1. The summed E-state index contributed by atoms with van der Waals surface area (Å²) in [6, 6.07) is 3.44. The zero-order valence-electron chi connectivity index (χ0n) is 8.33. The Morgan fingerprint density at radius 1 is 1.27 bits per heavy atom. The van der Waals surface area contributed by atoms with Gasteiger partial charge < -0.3 is 9.88 Å². The van der Waals surface area contributed by atoms with Crippen molar-refractivity contribution in [2.45, 2.75) is 6.43 Å². The molecule has 0 radical (unpaired) electrons. The Morgan fingerprint density at radius 2 is 2.00 bits per heavy atom. The van der Waals surface area contributed by atoms with E-state index in [9.17, 15) is 8.78 Å². The molecule has 0 spiro atoms. The second-order valence-electron chi connectivity index (χ2n) is 3.36. The Bertz CT molecular complexity index is 472. The van der Waals surface area contributed by atoms with Gasteiger partial charge in [-0.25, -0.2) is 18.7 Å². The van der Waals surface area contributed by atoms with Crippen LogP contribution in [0.4, 0.5) is 14.6 Å². The molecule has 1 N–H and O–H groups in total. The molecule has 2 aromatic heterocycles. The molecule has 0 saturated carbocycles. The molecule has 0 bridgehead atoms. The van der Waals surface area contributed by atoms with E-state index in [1.165, 1.54) is 0 Å². The van der Waals surface area contributed by atoms with E-state index in [4.69, 9.17) is 0 Å². The molecule has 2 rings (SSSR count). The van der Waals surface area contributed by atoms with Crippen molar-refractivity contribution in [3.8, 4) is 0 Å². The average Bonchev–Trinajstić information content (AvgIpc) is 2.59. The standard InChI is InChI=1S/C9H10F2N4/c1-15(2)6-4-3-5-8(13-6)14-9(12-5)7(10)11/h3-4,7H,1-2H3,(H,12,13,14). The summed E-state index contributed by atoms with van der Waals surface area (Å²) in [7, 11) is 3.66. The van der Waals surface area contributed by atoms with Gasteiger partial charge in [-0.3, -0.25) is 0 Å². The van der Waals surface area contributed by atoms with Gasteiger partial charge in [0.15, 0.2) is 11.5 Å². The Morgan fingerprint density at radius 3 is 2.60 bits per heavy atom. The van der Waals surface area contributed by atoms with Crippen LogP contribution in [0.3, 0.4) is 0 Å². The molecular formula is C9H10F2N4. The zero-order chi connectivity index (χ0) is 11.0. The molecular weight excluding hydrogens is 202 g/mol. The van der Waals surface area contributed by atoms with Gasteiger partial charge in [-0.2, -0.15) is 0 Å². The Kier molecular flexibility index (Phi) is 2.26. The molecule has 15 heavy (non-hydrogen) atoms. The molecule has 6 heteroatoms. The largest absolute Gasteiger partial charge is 0.363 e. The van der Waals surface area contributed by atoms with E-state index in [1.807, 2.05) is 14.1 Å². The highest BCUT2D eigenvalue weighted by molar-refractivity contribution is 5.73. The van der Waals surface area contributed by atoms with Gasteiger partial charge in [0.2, 0.25) is 0 Å². The molecule has 0 saturated heterocycles. The number of hydrogen-bond donors (Lipinski definition) is 1. The van der Waals surface area contributed by atoms with Crippen molar-refractivity contribution in [1.82, 2.24) is 15.0 Å². The molecule has 0 aliphatic rings. The van der Waals surface area contributed by atoms with Crippen molar-refractivity contribution in [3.63, 3.8) is 0 Å². The number of anilines is 1. The Hall–Kier alpha value is -1.72. The second-order valence-corrected chi connectivity index (χ2v) is 3.36. The average molecular weight is 212 g/mol. The fourth-order valence-corrected chi connectivity index (χ4v) is 1.25. The number of rotatable bonds is 2. The third-order valence-electron chi connectivity index (χ3n) is 2.01. The van der Waals surface area contributed by atoms with Crippen LogP contribution in [0.5, 0.6) is 0 Å². The number of H-pyrrole nitrogens is 1. The van der Waals surface area contributed by atoms with E-state index >= 15 is 0 Å². The molecule has 0 aliphatic carbocycles. The van der Waals surface area contributed by atoms with E-state index in [0.717, 1.165) is 0 Å². The van der Waals surface area contributed by atoms with Crippen molar-refractivity contribution in [3.05, 3.63) is 18.0 Å². The van der Waals surface area contributed by atoms with Gasteiger partial charge in [-0.15, -0.1) is 0 Å². The van der Waals surface area contributed by atoms with Crippen molar-refractivity contribution >= 4 is 17.0 Å². The maximum atomic E-state index is 12.3. The lowest BCUT2D eigenvalue weighted by molar-refractivity contribution is 0.142. The van der Waals surface area contributed by atoms with E-state index in [1.54, 1.807) is 17.0 Å². The monoisotopic (exact) mass is 212 g/mol. The molecule has 0 unspecified atom stereocenters. The molecule has 0 aliphatic heterocycles. The lowest BCUT2D eigenvalue weighted by atomic mass is 10.4. The molecule has 4 nitrogen and oxygen atoms in total. The van der Waals surface area contributed by atoms with Gasteiger partial charge in [0.25, 0.3) is 6.43 Å². The van der Waals surface area contributed by atoms with Gasteiger partial charge in [-0.05, 0) is 12.1 Å². The molecule has 0 atom stereocenters. The molecule has 0 aromatic carbocycles. The first-order chi connectivity index (χ1) is 7.08. The smallest absolute Gasteiger partial charge is 0.295 e. The van der Waals surface area contributed by atoms with Crippen molar-refractivity contribution < 1.29 is 8.78 Å². The van der Waals surface area contributed by atoms with Gasteiger partial charge in [-0.1, -0.05) is 0 Å². The lowest BCUT2D eigenvalue weighted by Crippen LogP contribution is -2.10. The SMILES string of the molecule is CN(C)c1ccc2[nH]c(C(F)F)nc2n1. The van der Waals surface area contributed by atoms with Gasteiger partial charge in [0.05, 0.1) is 5.52 Å². The van der Waals surface area contributed by atoms with Crippen molar-refractivity contribution in [1.29, 1.82) is 0 Å². The van der Waals surface area contributed by atoms with Crippen LogP contribution >= 0.6 is 0 Å². The van der Waals surface area contributed by atoms with Crippen molar-refractivity contribution in [2.24, 2.45) is 0 Å². The van der Waals surface area contributed by atoms with Crippen LogP contribution < -0.4 is 4.90 Å². The number of alkyl halides is 2. The molecule has 2 aromatic rings. The maximum Gasteiger partial charge on any atom is 0.295 e. The van der Waals surface area contributed by atoms with E-state index < -0.39 is 6.43 Å². The summed E-state index contributed by atoms with van der Waals surface area (Å²) in [5.74, 6) is 0.350. The van der Waals surface area contributed by atoms with Gasteiger partial charge in [0, 0.05) is 14.1 Å². The first kappa shape index (κ1) is 9.82. The quantitative estimate of drug-likeness (QED) is 0.827. The summed E-state index contributed by atoms with van der Waals surface area (Å²) >= 11 is 0. The van der Waals surface area contributed by atoms with E-state index in [0.29, 0.717) is 17.0 Å². The highest BCUT2D eigenvalue weighted by atomic mass is 19.3. The summed E-state index contributed by atoms with van der Waals surface area (Å²) in [4.78, 5) is 12.1. The third kappa shape index (κ3) is 1.74. The van der Waals surface area contributed by atoms with E-state index in [2.05, 4.69) is 15.0 Å². The fraction of sp³-hybridized carbons (Fsp3) is 0.333. The first-order valence-electron chi connectivity index (χ1n) is 4.40. The number of aromatic nitrogens is 3. The number of imidazole rings is 1. The zero-order valence-corrected chi connectivity index (χ0v) is 8.33. The summed E-state index contributed by atoms with van der Waals surface area (Å²) in [5.41, 5.74) is 0.840. The molecule has 80 valence electrons. The maximum absolute atomic E-state index is 12.3. The fourth-order valence-electron chi connectivity index (χ4n) is 1.25. The first-order valence-corrected chi connectivity index (χ1v) is 4.40. The summed E-state index contributed by atoms with van der Waals surface area (Å²) < 4.78 is 24.7. The summed E-state index contributed by atoms with van der Waals surface area (Å²) in [6.45, 7) is 0. The number of halogens is 2. The minimum Gasteiger partial charge on any atom is -0.363 e. The molecule has 2 heterocycles. The topological polar surface area (TPSA) is 44.8 Å². The summed E-state index contributed by atoms with van der Waals surface area (Å²) in [6.07, 6.45) is -2.60. The van der Waals surface area contributed by atoms with Gasteiger partial charge in [0.1, 0.15) is 5.82 Å². The number of nitrogens with one attached hydrogen (secondary N) is 1. The minimum absolute atomic E-state index is 0.316. The van der Waals surface area contributed by atoms with Crippen LogP contribution in [0, 0.1) is 0 Å². The highest BCUT2D eigenvalue weighted by Crippen LogP contribution is 2.20. The predicted molar refractivity (Wildman–Crippen MR) is 53.2 cm³/mol. The Labute approximate surface area is 84.9 Å². The van der Waals surface area contributed by atoms with Crippen LogP contribution in [0.2, 0.25) is 0 Å². The second kappa shape index (κ2) is 3.45. The molecule has 0 amide bonds. The van der Waals surface area contributed by atoms with Crippen LogP contribution in [0.25, 0.3) is 11.2 Å². The van der Waals surface area contributed by atoms with Crippen LogP contribution in [0.1, 0.15) is 12.2 Å². The van der Waals surface area contributed by atoms with Gasteiger partial charge >= 0.3 is 0 Å². The Balaban J connectivity index is 2.52. The van der Waals surface area contributed by atoms with Crippen molar-refractivity contribution in [2.75, 3.05) is 19.0 Å². The number of fused-ring (bicyclic) bond motifs is 1. The number of hydrogen-bond acceptors (Lipinski definition) is 3. The summed E-state index contributed by atoms with van der Waals surface area (Å²) in [5, 5.41) is 0. The number of aromatic amines is 1. The minimum atomic E-state index is -2.60. The highest BCUT2D eigenvalue weighted by Gasteiger charge is 2.13. The van der Waals surface area contributed by atoms with E-state index in [-0.39, 0.29) is 5.82 Å². The molecule has 0 fully saturated rings. The third-order valence-corrected chi connectivity index (χ3v) is 2.01. The van der Waals surface area contributed by atoms with Crippen LogP contribution in [0.15, 0.2) is 12.1 Å². The van der Waals surface area contributed by atoms with Crippen LogP contribution in [-0.2, 0) is 0 Å². The van der Waals surface area contributed by atoms with Crippen LogP contribution in [-0.4, -0.2) is 29.0 Å². The lowest BCUT2D eigenvalue weighted by Gasteiger charge is -2.09. The normalized spacial score (nSPS) is 11.3. The number of nitrogens with zero attached hydrogens (tertiary/aromatic N) is 3.